The SMILES string of the molecule is C1CC[CH]([Sn][CH]2CCCC2)C1.Cl.Cl. The molecule has 2 aliphatic rings. The molecule has 0 bridgehead atoms. The van der Waals surface area contributed by atoms with Crippen molar-refractivity contribution < 1.29 is 0 Å². The second-order valence-corrected chi connectivity index (χ2v) is 9.74. The van der Waals surface area contributed by atoms with E-state index in [1.54, 1.807) is 51.4 Å². The molecule has 13 heavy (non-hydrogen) atoms. The van der Waals surface area contributed by atoms with Gasteiger partial charge in [-0.3, -0.25) is 0 Å². The van der Waals surface area contributed by atoms with E-state index in [4.69, 9.17) is 0 Å². The fourth-order valence-corrected chi connectivity index (χ4v) is 8.65. The Morgan fingerprint density at radius 3 is 1.23 bits per heavy atom. The molecule has 0 aliphatic heterocycles. The van der Waals surface area contributed by atoms with Gasteiger partial charge in [0, 0.05) is 0 Å². The zero-order valence-electron chi connectivity index (χ0n) is 8.13. The van der Waals surface area contributed by atoms with E-state index in [0.717, 1.165) is 0 Å². The largest absolute Gasteiger partial charge is 0.147 e. The summed E-state index contributed by atoms with van der Waals surface area (Å²) in [4.78, 5) is 0. The van der Waals surface area contributed by atoms with Crippen LogP contribution in [0, 0.1) is 0 Å². The molecule has 2 aliphatic carbocycles. The molecule has 0 spiro atoms. The van der Waals surface area contributed by atoms with E-state index >= 15 is 0 Å². The summed E-state index contributed by atoms with van der Waals surface area (Å²) in [5.74, 6) is 0. The third-order valence-corrected chi connectivity index (χ3v) is 9.17. The van der Waals surface area contributed by atoms with E-state index in [-0.39, 0.29) is 46.0 Å². The van der Waals surface area contributed by atoms with Gasteiger partial charge < -0.3 is 0 Å². The fraction of sp³-hybridized carbons (Fsp3) is 1.00. The van der Waals surface area contributed by atoms with E-state index in [0.29, 0.717) is 0 Å². The molecule has 0 nitrogen and oxygen atoms in total. The topological polar surface area (TPSA) is 0 Å². The Hall–Kier alpha value is 1.38. The van der Waals surface area contributed by atoms with E-state index in [9.17, 15) is 0 Å². The Kier molecular flexibility index (Phi) is 8.45. The van der Waals surface area contributed by atoms with Crippen LogP contribution in [-0.2, 0) is 0 Å². The van der Waals surface area contributed by atoms with Crippen LogP contribution in [0.1, 0.15) is 51.4 Å². The predicted molar refractivity (Wildman–Crippen MR) is 64.7 cm³/mol. The molecule has 3 heteroatoms. The quantitative estimate of drug-likeness (QED) is 0.664. The fourth-order valence-electron chi connectivity index (χ4n) is 2.52. The average Bonchev–Trinajstić information content (AvgIpc) is 2.60. The summed E-state index contributed by atoms with van der Waals surface area (Å²) in [6.45, 7) is 0. The summed E-state index contributed by atoms with van der Waals surface area (Å²) >= 11 is 0.0911. The van der Waals surface area contributed by atoms with Crippen molar-refractivity contribution in [1.29, 1.82) is 0 Å². The molecule has 0 aromatic rings. The Morgan fingerprint density at radius 1 is 0.615 bits per heavy atom. The minimum absolute atomic E-state index is 0. The molecule has 0 N–H and O–H groups in total. The second-order valence-electron chi connectivity index (χ2n) is 4.13. The third kappa shape index (κ3) is 4.61. The molecule has 0 aromatic carbocycles. The molecule has 0 aromatic heterocycles. The monoisotopic (exact) mass is 330 g/mol. The van der Waals surface area contributed by atoms with Gasteiger partial charge in [-0.25, -0.2) is 0 Å². The first-order chi connectivity index (χ1) is 5.45. The average molecular weight is 330 g/mol. The van der Waals surface area contributed by atoms with Crippen LogP contribution in [0.4, 0.5) is 0 Å². The minimum Gasteiger partial charge on any atom is -0.147 e. The van der Waals surface area contributed by atoms with Crippen molar-refractivity contribution in [3.8, 4) is 0 Å². The summed E-state index contributed by atoms with van der Waals surface area (Å²) in [5, 5.41) is 0. The van der Waals surface area contributed by atoms with Crippen molar-refractivity contribution in [3.05, 3.63) is 0 Å². The number of rotatable bonds is 2. The molecule has 0 heterocycles. The molecule has 2 radical (unpaired) electrons. The van der Waals surface area contributed by atoms with E-state index < -0.39 is 0 Å². The standard InChI is InChI=1S/2C5H9.2ClH.Sn/c2*1-2-4-5-3-1;;;/h2*1H,2-5H2;2*1H;. The van der Waals surface area contributed by atoms with Crippen LogP contribution in [0.3, 0.4) is 0 Å². The van der Waals surface area contributed by atoms with Gasteiger partial charge >= 0.3 is 80.4 Å². The molecular weight excluding hydrogens is 310 g/mol. The summed E-state index contributed by atoms with van der Waals surface area (Å²) in [6, 6.07) is 0. The van der Waals surface area contributed by atoms with Gasteiger partial charge in [0.05, 0.1) is 0 Å². The van der Waals surface area contributed by atoms with Crippen LogP contribution in [-0.4, -0.2) is 21.1 Å². The van der Waals surface area contributed by atoms with Crippen molar-refractivity contribution in [2.75, 3.05) is 0 Å². The summed E-state index contributed by atoms with van der Waals surface area (Å²) < 4.78 is 2.61. The maximum Gasteiger partial charge on any atom is -0.147 e. The third-order valence-electron chi connectivity index (χ3n) is 3.18. The van der Waals surface area contributed by atoms with Crippen molar-refractivity contribution >= 4 is 46.0 Å². The molecule has 0 unspecified atom stereocenters. The van der Waals surface area contributed by atoms with Crippen LogP contribution in [0.2, 0.25) is 7.87 Å². The zero-order chi connectivity index (χ0) is 7.52. The number of halogens is 2. The minimum atomic E-state index is 0. The Bertz CT molecular complexity index is 104. The van der Waals surface area contributed by atoms with Gasteiger partial charge in [0.25, 0.3) is 0 Å². The predicted octanol–water partition coefficient (Wildman–Crippen LogP) is 4.26. The van der Waals surface area contributed by atoms with E-state index in [2.05, 4.69) is 0 Å². The van der Waals surface area contributed by atoms with Crippen LogP contribution < -0.4 is 0 Å². The second kappa shape index (κ2) is 7.64. The summed E-state index contributed by atoms with van der Waals surface area (Å²) in [7, 11) is 0. The van der Waals surface area contributed by atoms with Crippen LogP contribution in [0.5, 0.6) is 0 Å². The zero-order valence-corrected chi connectivity index (χ0v) is 12.6. The van der Waals surface area contributed by atoms with Crippen molar-refractivity contribution in [1.82, 2.24) is 0 Å². The van der Waals surface area contributed by atoms with Gasteiger partial charge in [-0.2, -0.15) is 0 Å². The molecule has 0 amide bonds. The summed E-state index contributed by atoms with van der Waals surface area (Å²) in [6.07, 6.45) is 12.8. The first kappa shape index (κ1) is 14.4. The molecular formula is C10H20Cl2Sn. The van der Waals surface area contributed by atoms with Crippen LogP contribution >= 0.6 is 24.8 Å². The Labute approximate surface area is 105 Å². The normalized spacial score (nSPS) is 24.0. The van der Waals surface area contributed by atoms with Crippen molar-refractivity contribution in [2.45, 2.75) is 59.2 Å². The van der Waals surface area contributed by atoms with Crippen molar-refractivity contribution in [2.24, 2.45) is 0 Å². The Balaban J connectivity index is 0.000000720. The van der Waals surface area contributed by atoms with Gasteiger partial charge in [0.15, 0.2) is 0 Å². The van der Waals surface area contributed by atoms with Gasteiger partial charge in [-0.05, 0) is 0 Å². The maximum atomic E-state index is 1.63. The summed E-state index contributed by atoms with van der Waals surface area (Å²) in [5.41, 5.74) is 0. The van der Waals surface area contributed by atoms with Crippen LogP contribution in [0.25, 0.3) is 0 Å². The van der Waals surface area contributed by atoms with E-state index in [1.165, 1.54) is 7.87 Å². The molecule has 2 saturated carbocycles. The first-order valence-electron chi connectivity index (χ1n) is 5.21. The van der Waals surface area contributed by atoms with Crippen LogP contribution in [0.15, 0.2) is 0 Å². The molecule has 2 rings (SSSR count). The van der Waals surface area contributed by atoms with Crippen molar-refractivity contribution in [3.63, 3.8) is 0 Å². The molecule has 78 valence electrons. The molecule has 2 fully saturated rings. The number of hydrogen-bond acceptors (Lipinski definition) is 0. The van der Waals surface area contributed by atoms with E-state index in [1.807, 2.05) is 0 Å². The van der Waals surface area contributed by atoms with Gasteiger partial charge in [-0.15, -0.1) is 24.8 Å². The smallest absolute Gasteiger partial charge is 0.147 e. The molecule has 0 saturated heterocycles. The van der Waals surface area contributed by atoms with Gasteiger partial charge in [-0.1, -0.05) is 0 Å². The first-order valence-corrected chi connectivity index (χ1v) is 8.51. The Morgan fingerprint density at radius 2 is 0.923 bits per heavy atom. The molecule has 0 atom stereocenters. The van der Waals surface area contributed by atoms with Gasteiger partial charge in [0.2, 0.25) is 0 Å². The maximum absolute atomic E-state index is 1.63. The number of hydrogen-bond donors (Lipinski definition) is 0. The van der Waals surface area contributed by atoms with Gasteiger partial charge in [0.1, 0.15) is 0 Å².